The predicted molar refractivity (Wildman–Crippen MR) is 84.4 cm³/mol. The van der Waals surface area contributed by atoms with Crippen molar-refractivity contribution >= 4 is 19.1 Å². The van der Waals surface area contributed by atoms with E-state index in [0.29, 0.717) is 5.56 Å². The maximum absolute atomic E-state index is 13.6. The number of aliphatic carboxylic acids is 1. The summed E-state index contributed by atoms with van der Waals surface area (Å²) < 4.78 is 25.4. The standard InChI is InChI=1S/C16H20BFO6/c1-15(2)16(3,4)24-17(23-15)11(8-13(19)20)9-5-6-12(18)10(7-9)14(21)22/h5-7,11H,8H2,1-4H3,(H,19,20)(H,21,22). The van der Waals surface area contributed by atoms with Gasteiger partial charge in [0.15, 0.2) is 0 Å². The van der Waals surface area contributed by atoms with E-state index in [1.54, 1.807) is 0 Å². The van der Waals surface area contributed by atoms with E-state index in [1.165, 1.54) is 6.07 Å². The van der Waals surface area contributed by atoms with Crippen LogP contribution in [0.1, 0.15) is 55.9 Å². The molecule has 2 rings (SSSR count). The topological polar surface area (TPSA) is 93.1 Å². The number of aromatic carboxylic acids is 1. The predicted octanol–water partition coefficient (Wildman–Crippen LogP) is 2.71. The maximum Gasteiger partial charge on any atom is 0.466 e. The number of benzene rings is 1. The first-order chi connectivity index (χ1) is 10.9. The van der Waals surface area contributed by atoms with Crippen LogP contribution in [0.25, 0.3) is 0 Å². The highest BCUT2D eigenvalue weighted by molar-refractivity contribution is 6.48. The fraction of sp³-hybridized carbons (Fsp3) is 0.500. The Morgan fingerprint density at radius 3 is 2.17 bits per heavy atom. The van der Waals surface area contributed by atoms with Gasteiger partial charge in [-0.05, 0) is 45.4 Å². The molecule has 1 unspecified atom stereocenters. The van der Waals surface area contributed by atoms with Crippen LogP contribution in [-0.2, 0) is 14.1 Å². The maximum atomic E-state index is 13.6. The van der Waals surface area contributed by atoms with Crippen molar-refractivity contribution in [1.29, 1.82) is 0 Å². The molecule has 1 saturated heterocycles. The number of rotatable bonds is 5. The lowest BCUT2D eigenvalue weighted by Gasteiger charge is -2.32. The molecule has 0 radical (unpaired) electrons. The van der Waals surface area contributed by atoms with Gasteiger partial charge in [-0.1, -0.05) is 6.07 Å². The summed E-state index contributed by atoms with van der Waals surface area (Å²) in [5.74, 6) is -4.15. The van der Waals surface area contributed by atoms with Crippen LogP contribution >= 0.6 is 0 Å². The third-order valence-electron chi connectivity index (χ3n) is 4.64. The van der Waals surface area contributed by atoms with Crippen molar-refractivity contribution < 1.29 is 33.5 Å². The summed E-state index contributed by atoms with van der Waals surface area (Å²) in [6, 6.07) is 3.51. The van der Waals surface area contributed by atoms with E-state index < -0.39 is 47.5 Å². The number of halogens is 1. The van der Waals surface area contributed by atoms with Crippen LogP contribution in [0.5, 0.6) is 0 Å². The molecule has 6 nitrogen and oxygen atoms in total. The van der Waals surface area contributed by atoms with Gasteiger partial charge in [-0.3, -0.25) is 4.79 Å². The summed E-state index contributed by atoms with van der Waals surface area (Å²) in [6.07, 6.45) is -0.332. The van der Waals surface area contributed by atoms with Gasteiger partial charge in [-0.2, -0.15) is 0 Å². The molecule has 1 fully saturated rings. The second-order valence-electron chi connectivity index (χ2n) is 6.87. The summed E-state index contributed by atoms with van der Waals surface area (Å²) in [6.45, 7) is 7.33. The molecule has 8 heteroatoms. The summed E-state index contributed by atoms with van der Waals surface area (Å²) >= 11 is 0. The van der Waals surface area contributed by atoms with E-state index in [-0.39, 0.29) is 6.42 Å². The van der Waals surface area contributed by atoms with Gasteiger partial charge in [0.25, 0.3) is 0 Å². The van der Waals surface area contributed by atoms with Gasteiger partial charge in [0.1, 0.15) is 5.82 Å². The van der Waals surface area contributed by atoms with Gasteiger partial charge < -0.3 is 19.5 Å². The molecule has 1 aliphatic rings. The molecule has 0 spiro atoms. The van der Waals surface area contributed by atoms with Crippen molar-refractivity contribution in [3.63, 3.8) is 0 Å². The molecule has 24 heavy (non-hydrogen) atoms. The molecule has 1 aromatic rings. The first kappa shape index (κ1) is 18.4. The average Bonchev–Trinajstić information content (AvgIpc) is 2.65. The molecule has 1 heterocycles. The molecular weight excluding hydrogens is 318 g/mol. The van der Waals surface area contributed by atoms with Crippen molar-refractivity contribution in [3.05, 3.63) is 35.1 Å². The molecule has 130 valence electrons. The second-order valence-corrected chi connectivity index (χ2v) is 6.87. The highest BCUT2D eigenvalue weighted by atomic mass is 19.1. The molecule has 0 bridgehead atoms. The van der Waals surface area contributed by atoms with Crippen LogP contribution < -0.4 is 0 Å². The molecule has 1 aliphatic heterocycles. The SMILES string of the molecule is CC1(C)OB(C(CC(=O)O)c2ccc(F)c(C(=O)O)c2)OC1(C)C. The lowest BCUT2D eigenvalue weighted by atomic mass is 9.66. The Kier molecular flexibility index (Phi) is 4.74. The van der Waals surface area contributed by atoms with Crippen LogP contribution in [0.2, 0.25) is 0 Å². The Hall–Kier alpha value is -1.93. The zero-order chi connectivity index (χ0) is 18.3. The summed E-state index contributed by atoms with van der Waals surface area (Å²) in [5.41, 5.74) is -1.50. The summed E-state index contributed by atoms with van der Waals surface area (Å²) in [5, 5.41) is 18.3. The minimum absolute atomic E-state index is 0.332. The van der Waals surface area contributed by atoms with E-state index in [4.69, 9.17) is 14.4 Å². The number of carbonyl (C=O) groups is 2. The Balaban J connectivity index is 2.42. The van der Waals surface area contributed by atoms with Crippen LogP contribution in [0.3, 0.4) is 0 Å². The molecule has 2 N–H and O–H groups in total. The lowest BCUT2D eigenvalue weighted by Crippen LogP contribution is -2.41. The second kappa shape index (κ2) is 6.18. The third-order valence-corrected chi connectivity index (χ3v) is 4.64. The monoisotopic (exact) mass is 338 g/mol. The zero-order valence-electron chi connectivity index (χ0n) is 14.0. The van der Waals surface area contributed by atoms with Gasteiger partial charge in [-0.25, -0.2) is 9.18 Å². The Morgan fingerprint density at radius 2 is 1.71 bits per heavy atom. The largest absolute Gasteiger partial charge is 0.481 e. The lowest BCUT2D eigenvalue weighted by molar-refractivity contribution is -0.137. The Morgan fingerprint density at radius 1 is 1.17 bits per heavy atom. The quantitative estimate of drug-likeness (QED) is 0.802. The molecule has 0 saturated carbocycles. The third kappa shape index (κ3) is 3.44. The normalized spacial score (nSPS) is 20.0. The molecule has 1 aromatic carbocycles. The van der Waals surface area contributed by atoms with E-state index in [9.17, 15) is 19.1 Å². The van der Waals surface area contributed by atoms with Gasteiger partial charge in [-0.15, -0.1) is 0 Å². The Labute approximate surface area is 139 Å². The van der Waals surface area contributed by atoms with Gasteiger partial charge in [0.2, 0.25) is 0 Å². The smallest absolute Gasteiger partial charge is 0.466 e. The van der Waals surface area contributed by atoms with Crippen molar-refractivity contribution in [2.24, 2.45) is 0 Å². The summed E-state index contributed by atoms with van der Waals surface area (Å²) in [4.78, 5) is 22.4. The number of hydrogen-bond donors (Lipinski definition) is 2. The minimum Gasteiger partial charge on any atom is -0.481 e. The fourth-order valence-corrected chi connectivity index (χ4v) is 2.55. The zero-order valence-corrected chi connectivity index (χ0v) is 14.0. The highest BCUT2D eigenvalue weighted by Crippen LogP contribution is 2.41. The molecule has 0 aromatic heterocycles. The molecular formula is C16H20BFO6. The molecule has 1 atom stereocenters. The number of hydrogen-bond acceptors (Lipinski definition) is 4. The van der Waals surface area contributed by atoms with E-state index >= 15 is 0 Å². The Bertz CT molecular complexity index is 657. The van der Waals surface area contributed by atoms with E-state index in [1.807, 2.05) is 27.7 Å². The van der Waals surface area contributed by atoms with Crippen molar-refractivity contribution in [2.45, 2.75) is 51.1 Å². The van der Waals surface area contributed by atoms with E-state index in [0.717, 1.165) is 12.1 Å². The van der Waals surface area contributed by atoms with Gasteiger partial charge in [0, 0.05) is 5.82 Å². The first-order valence-electron chi connectivity index (χ1n) is 7.55. The molecule has 0 aliphatic carbocycles. The minimum atomic E-state index is -1.42. The fourth-order valence-electron chi connectivity index (χ4n) is 2.55. The van der Waals surface area contributed by atoms with E-state index in [2.05, 4.69) is 0 Å². The van der Waals surface area contributed by atoms with Gasteiger partial charge in [0.05, 0.1) is 23.2 Å². The van der Waals surface area contributed by atoms with Crippen LogP contribution in [-0.4, -0.2) is 40.5 Å². The van der Waals surface area contributed by atoms with Crippen molar-refractivity contribution in [3.8, 4) is 0 Å². The van der Waals surface area contributed by atoms with Crippen LogP contribution in [0.15, 0.2) is 18.2 Å². The highest BCUT2D eigenvalue weighted by Gasteiger charge is 2.54. The average molecular weight is 338 g/mol. The first-order valence-corrected chi connectivity index (χ1v) is 7.55. The van der Waals surface area contributed by atoms with Crippen molar-refractivity contribution in [2.75, 3.05) is 0 Å². The van der Waals surface area contributed by atoms with Gasteiger partial charge >= 0.3 is 19.1 Å². The summed E-state index contributed by atoms with van der Waals surface area (Å²) in [7, 11) is -0.877. The van der Waals surface area contributed by atoms with Crippen LogP contribution in [0.4, 0.5) is 4.39 Å². The van der Waals surface area contributed by atoms with Crippen LogP contribution in [0, 0.1) is 5.82 Å². The molecule has 0 amide bonds. The number of carboxylic acid groups (broad SMARTS) is 2. The van der Waals surface area contributed by atoms with Crippen molar-refractivity contribution in [1.82, 2.24) is 0 Å². The number of carboxylic acids is 2.